The Labute approximate surface area is 115 Å². The van der Waals surface area contributed by atoms with Gasteiger partial charge in [-0.25, -0.2) is 17.2 Å². The molecular formula is C13H13F2NO3S. The van der Waals surface area contributed by atoms with Crippen molar-refractivity contribution in [1.82, 2.24) is 0 Å². The van der Waals surface area contributed by atoms with Crippen molar-refractivity contribution in [2.75, 3.05) is 11.5 Å². The van der Waals surface area contributed by atoms with E-state index in [1.165, 1.54) is 6.07 Å². The molecule has 1 aliphatic rings. The zero-order valence-electron chi connectivity index (χ0n) is 10.7. The van der Waals surface area contributed by atoms with E-state index in [0.717, 1.165) is 19.1 Å². The molecule has 108 valence electrons. The van der Waals surface area contributed by atoms with Crippen LogP contribution in [0.4, 0.5) is 8.78 Å². The quantitative estimate of drug-likeness (QED) is 0.898. The van der Waals surface area contributed by atoms with Gasteiger partial charge in [-0.2, -0.15) is 5.26 Å². The summed E-state index contributed by atoms with van der Waals surface area (Å²) < 4.78 is 50.4. The lowest BCUT2D eigenvalue weighted by atomic mass is 9.70. The number of rotatable bonds is 2. The molecule has 0 aromatic heterocycles. The molecule has 7 heteroatoms. The van der Waals surface area contributed by atoms with Crippen molar-refractivity contribution >= 4 is 9.84 Å². The van der Waals surface area contributed by atoms with Crippen LogP contribution in [0, 0.1) is 28.4 Å². The number of aliphatic hydroxyl groups is 1. The molecule has 1 fully saturated rings. The van der Waals surface area contributed by atoms with Gasteiger partial charge in [-0.05, 0) is 19.4 Å². The van der Waals surface area contributed by atoms with Crippen LogP contribution in [0.15, 0.2) is 18.2 Å². The molecule has 1 heterocycles. The van der Waals surface area contributed by atoms with Gasteiger partial charge in [-0.3, -0.25) is 0 Å². The molecule has 20 heavy (non-hydrogen) atoms. The molecule has 0 spiro atoms. The molecule has 2 atom stereocenters. The van der Waals surface area contributed by atoms with E-state index in [4.69, 9.17) is 0 Å². The highest BCUT2D eigenvalue weighted by Crippen LogP contribution is 2.47. The summed E-state index contributed by atoms with van der Waals surface area (Å²) in [5.41, 5.74) is -4.19. The van der Waals surface area contributed by atoms with E-state index in [0.29, 0.717) is 0 Å². The molecule has 1 aliphatic heterocycles. The minimum Gasteiger partial charge on any atom is -0.384 e. The Hall–Kier alpha value is -1.52. The fourth-order valence-electron chi connectivity index (χ4n) is 2.57. The third-order valence-electron chi connectivity index (χ3n) is 3.93. The van der Waals surface area contributed by atoms with Gasteiger partial charge in [0.15, 0.2) is 21.5 Å². The largest absolute Gasteiger partial charge is 0.384 e. The third-order valence-corrected chi connectivity index (χ3v) is 5.69. The molecule has 0 saturated carbocycles. The summed E-state index contributed by atoms with van der Waals surface area (Å²) in [4.78, 5) is 0. The maximum Gasteiger partial charge on any atom is 0.164 e. The van der Waals surface area contributed by atoms with E-state index in [1.54, 1.807) is 6.07 Å². The molecule has 2 rings (SSSR count). The summed E-state index contributed by atoms with van der Waals surface area (Å²) in [6.07, 6.45) is -0.116. The Morgan fingerprint density at radius 3 is 2.60 bits per heavy atom. The van der Waals surface area contributed by atoms with Crippen molar-refractivity contribution in [1.29, 1.82) is 5.26 Å². The number of halogens is 2. The number of nitriles is 1. The molecular weight excluding hydrogens is 288 g/mol. The van der Waals surface area contributed by atoms with Gasteiger partial charge >= 0.3 is 0 Å². The first-order chi connectivity index (χ1) is 9.15. The molecule has 0 aliphatic carbocycles. The van der Waals surface area contributed by atoms with Crippen LogP contribution in [0.5, 0.6) is 0 Å². The number of hydrogen-bond acceptors (Lipinski definition) is 4. The highest BCUT2D eigenvalue weighted by Gasteiger charge is 2.56. The second-order valence-electron chi connectivity index (χ2n) is 5.21. The van der Waals surface area contributed by atoms with E-state index >= 15 is 0 Å². The lowest BCUT2D eigenvalue weighted by Gasteiger charge is -2.36. The maximum atomic E-state index is 13.9. The average Bonchev–Trinajstić information content (AvgIpc) is 2.70. The van der Waals surface area contributed by atoms with E-state index in [1.807, 2.05) is 0 Å². The molecule has 1 aromatic carbocycles. The predicted molar refractivity (Wildman–Crippen MR) is 67.2 cm³/mol. The first kappa shape index (κ1) is 14.9. The van der Waals surface area contributed by atoms with Crippen LogP contribution in [0.1, 0.15) is 18.9 Å². The molecule has 1 N–H and O–H groups in total. The molecule has 0 radical (unpaired) electrons. The van der Waals surface area contributed by atoms with Crippen LogP contribution in [-0.2, 0) is 15.4 Å². The Bertz CT molecular complexity index is 694. The normalized spacial score (nSPS) is 27.8. The molecule has 4 nitrogen and oxygen atoms in total. The Kier molecular flexibility index (Phi) is 3.35. The van der Waals surface area contributed by atoms with E-state index in [-0.39, 0.29) is 12.2 Å². The highest BCUT2D eigenvalue weighted by atomic mass is 32.2. The zero-order chi connectivity index (χ0) is 15.2. The van der Waals surface area contributed by atoms with Crippen LogP contribution in [0.25, 0.3) is 0 Å². The van der Waals surface area contributed by atoms with Gasteiger partial charge in [-0.1, -0.05) is 12.1 Å². The Morgan fingerprint density at radius 2 is 2.10 bits per heavy atom. The third kappa shape index (κ3) is 2.09. The first-order valence-corrected chi connectivity index (χ1v) is 7.76. The fourth-order valence-corrected chi connectivity index (χ4v) is 4.61. The van der Waals surface area contributed by atoms with Gasteiger partial charge in [0.1, 0.15) is 11.0 Å². The second-order valence-corrected chi connectivity index (χ2v) is 7.39. The first-order valence-electron chi connectivity index (χ1n) is 5.94. The summed E-state index contributed by atoms with van der Waals surface area (Å²) in [6.45, 7) is 1.15. The molecule has 0 bridgehead atoms. The van der Waals surface area contributed by atoms with Crippen LogP contribution in [-0.4, -0.2) is 25.0 Å². The van der Waals surface area contributed by atoms with Crippen molar-refractivity contribution in [2.24, 2.45) is 5.41 Å². The minimum absolute atomic E-state index is 0.116. The molecule has 1 aromatic rings. The number of nitrogens with zero attached hydrogens (tertiary/aromatic N) is 1. The topological polar surface area (TPSA) is 78.2 Å². The summed E-state index contributed by atoms with van der Waals surface area (Å²) in [5, 5.41) is 19.9. The number of hydrogen-bond donors (Lipinski definition) is 1. The summed E-state index contributed by atoms with van der Waals surface area (Å²) in [5.74, 6) is -3.25. The van der Waals surface area contributed by atoms with Crippen molar-refractivity contribution in [3.63, 3.8) is 0 Å². The van der Waals surface area contributed by atoms with Gasteiger partial charge in [0.2, 0.25) is 0 Å². The summed E-state index contributed by atoms with van der Waals surface area (Å²) in [6, 6.07) is 5.05. The van der Waals surface area contributed by atoms with Crippen molar-refractivity contribution in [2.45, 2.75) is 18.9 Å². The van der Waals surface area contributed by atoms with E-state index < -0.39 is 43.8 Å². The zero-order valence-corrected chi connectivity index (χ0v) is 11.5. The van der Waals surface area contributed by atoms with Crippen molar-refractivity contribution in [3.8, 4) is 6.07 Å². The lowest BCUT2D eigenvalue weighted by molar-refractivity contribution is -0.0356. The van der Waals surface area contributed by atoms with Crippen molar-refractivity contribution < 1.29 is 22.3 Å². The Morgan fingerprint density at radius 1 is 1.45 bits per heavy atom. The summed E-state index contributed by atoms with van der Waals surface area (Å²) >= 11 is 0. The van der Waals surface area contributed by atoms with Gasteiger partial charge in [0, 0.05) is 5.56 Å². The van der Waals surface area contributed by atoms with Gasteiger partial charge < -0.3 is 5.11 Å². The van der Waals surface area contributed by atoms with Gasteiger partial charge in [0.25, 0.3) is 0 Å². The molecule has 2 unspecified atom stereocenters. The van der Waals surface area contributed by atoms with Gasteiger partial charge in [-0.15, -0.1) is 0 Å². The second kappa shape index (κ2) is 4.50. The van der Waals surface area contributed by atoms with Gasteiger partial charge in [0.05, 0.1) is 17.6 Å². The summed E-state index contributed by atoms with van der Waals surface area (Å²) in [7, 11) is -3.48. The average molecular weight is 301 g/mol. The van der Waals surface area contributed by atoms with Crippen molar-refractivity contribution in [3.05, 3.63) is 35.4 Å². The SMILES string of the molecule is CC(O)(c1cccc(F)c1F)C1(C#N)CCS(=O)(=O)C1. The van der Waals surface area contributed by atoms with Crippen LogP contribution >= 0.6 is 0 Å². The smallest absolute Gasteiger partial charge is 0.164 e. The van der Waals surface area contributed by atoms with Crippen LogP contribution < -0.4 is 0 Å². The Balaban J connectivity index is 2.60. The lowest BCUT2D eigenvalue weighted by Crippen LogP contribution is -2.44. The van der Waals surface area contributed by atoms with Crippen LogP contribution in [0.2, 0.25) is 0 Å². The van der Waals surface area contributed by atoms with Crippen LogP contribution in [0.3, 0.4) is 0 Å². The monoisotopic (exact) mass is 301 g/mol. The fraction of sp³-hybridized carbons (Fsp3) is 0.462. The van der Waals surface area contributed by atoms with E-state index in [2.05, 4.69) is 0 Å². The number of sulfone groups is 1. The minimum atomic E-state index is -3.48. The maximum absolute atomic E-state index is 13.9. The number of benzene rings is 1. The predicted octanol–water partition coefficient (Wildman–Crippen LogP) is 1.50. The molecule has 0 amide bonds. The highest BCUT2D eigenvalue weighted by molar-refractivity contribution is 7.91. The molecule has 1 saturated heterocycles. The standard InChI is InChI=1S/C13H13F2NO3S/c1-12(17,9-3-2-4-10(14)11(9)15)13(7-16)5-6-20(18,19)8-13/h2-4,17H,5-6,8H2,1H3. The van der Waals surface area contributed by atoms with E-state index in [9.17, 15) is 27.6 Å².